The van der Waals surface area contributed by atoms with E-state index in [1.54, 1.807) is 18.4 Å². The average Bonchev–Trinajstić information content (AvgIpc) is 3.11. The van der Waals surface area contributed by atoms with Crippen molar-refractivity contribution in [3.63, 3.8) is 0 Å². The first-order valence-corrected chi connectivity index (χ1v) is 8.93. The Bertz CT molecular complexity index is 565. The topological polar surface area (TPSA) is 76.9 Å². The summed E-state index contributed by atoms with van der Waals surface area (Å²) in [6, 6.07) is -0.0995. The van der Waals surface area contributed by atoms with Crippen molar-refractivity contribution in [2.75, 3.05) is 33.4 Å². The molecule has 1 fully saturated rings. The molecule has 0 saturated carbocycles. The van der Waals surface area contributed by atoms with Gasteiger partial charge in [-0.25, -0.2) is 9.37 Å². The lowest BCUT2D eigenvalue weighted by Gasteiger charge is -2.33. The van der Waals surface area contributed by atoms with Crippen LogP contribution in [0.1, 0.15) is 24.0 Å². The number of halogens is 1. The van der Waals surface area contributed by atoms with Gasteiger partial charge in [-0.05, 0) is 20.3 Å². The third-order valence-corrected chi connectivity index (χ3v) is 5.38. The largest absolute Gasteiger partial charge is 0.395 e. The first-order chi connectivity index (χ1) is 11.3. The Balaban J connectivity index is 2.02. The summed E-state index contributed by atoms with van der Waals surface area (Å²) in [5.41, 5.74) is -0.291. The van der Waals surface area contributed by atoms with Crippen LogP contribution in [-0.4, -0.2) is 76.5 Å². The van der Waals surface area contributed by atoms with Gasteiger partial charge in [0.1, 0.15) is 6.17 Å². The molecule has 136 valence electrons. The van der Waals surface area contributed by atoms with Crippen LogP contribution in [-0.2, 0) is 11.3 Å². The van der Waals surface area contributed by atoms with Crippen LogP contribution in [0.4, 0.5) is 4.39 Å². The van der Waals surface area contributed by atoms with Gasteiger partial charge in [0.25, 0.3) is 0 Å². The Morgan fingerprint density at radius 1 is 1.54 bits per heavy atom. The molecular weight excluding hydrogens is 333 g/mol. The van der Waals surface area contributed by atoms with E-state index in [9.17, 15) is 19.4 Å². The number of aryl methyl sites for hydroxylation is 1. The van der Waals surface area contributed by atoms with Gasteiger partial charge in [0, 0.05) is 38.1 Å². The number of aliphatic hydroxyl groups is 2. The van der Waals surface area contributed by atoms with Crippen LogP contribution < -0.4 is 0 Å². The summed E-state index contributed by atoms with van der Waals surface area (Å²) in [5, 5.41) is 21.7. The molecule has 8 heteroatoms. The van der Waals surface area contributed by atoms with Gasteiger partial charge in [0.2, 0.25) is 5.91 Å². The molecular formula is C16H26FN3O3S. The lowest BCUT2D eigenvalue weighted by atomic mass is 9.91. The van der Waals surface area contributed by atoms with Crippen LogP contribution in [0.3, 0.4) is 0 Å². The number of carbonyl (C=O) groups excluding carboxylic acids is 1. The Morgan fingerprint density at radius 2 is 2.21 bits per heavy atom. The molecule has 2 N–H and O–H groups in total. The fourth-order valence-corrected chi connectivity index (χ4v) is 3.64. The molecule has 24 heavy (non-hydrogen) atoms. The van der Waals surface area contributed by atoms with E-state index < -0.39 is 24.8 Å². The summed E-state index contributed by atoms with van der Waals surface area (Å²) >= 11 is 1.57. The number of thiazole rings is 1. The van der Waals surface area contributed by atoms with Gasteiger partial charge >= 0.3 is 0 Å². The van der Waals surface area contributed by atoms with E-state index in [1.165, 1.54) is 11.8 Å². The van der Waals surface area contributed by atoms with Crippen molar-refractivity contribution >= 4 is 17.2 Å². The second-order valence-corrected chi connectivity index (χ2v) is 7.90. The van der Waals surface area contributed by atoms with Crippen molar-refractivity contribution in [2.24, 2.45) is 5.41 Å². The van der Waals surface area contributed by atoms with Gasteiger partial charge in [-0.15, -0.1) is 11.3 Å². The van der Waals surface area contributed by atoms with Gasteiger partial charge in [0.15, 0.2) is 0 Å². The molecule has 1 amide bonds. The van der Waals surface area contributed by atoms with Crippen molar-refractivity contribution in [1.29, 1.82) is 0 Å². The van der Waals surface area contributed by atoms with Gasteiger partial charge in [-0.2, -0.15) is 0 Å². The van der Waals surface area contributed by atoms with Crippen molar-refractivity contribution in [3.05, 3.63) is 16.1 Å². The third kappa shape index (κ3) is 4.30. The van der Waals surface area contributed by atoms with Gasteiger partial charge in [-0.3, -0.25) is 9.69 Å². The summed E-state index contributed by atoms with van der Waals surface area (Å²) < 4.78 is 13.9. The van der Waals surface area contributed by atoms with Crippen molar-refractivity contribution in [3.8, 4) is 0 Å². The number of alkyl halides is 1. The Kier molecular flexibility index (Phi) is 6.30. The first kappa shape index (κ1) is 19.2. The lowest BCUT2D eigenvalue weighted by molar-refractivity contribution is -0.145. The highest BCUT2D eigenvalue weighted by Gasteiger charge is 2.38. The zero-order valence-electron chi connectivity index (χ0n) is 14.4. The van der Waals surface area contributed by atoms with E-state index in [2.05, 4.69) is 4.98 Å². The Labute approximate surface area is 145 Å². The number of hydrogen-bond donors (Lipinski definition) is 2. The summed E-state index contributed by atoms with van der Waals surface area (Å²) in [6.07, 6.45) is -0.546. The highest BCUT2D eigenvalue weighted by atomic mass is 32.1. The Morgan fingerprint density at radius 3 is 2.75 bits per heavy atom. The maximum absolute atomic E-state index is 13.9. The highest BCUT2D eigenvalue weighted by molar-refractivity contribution is 7.09. The fraction of sp³-hybridized carbons (Fsp3) is 0.750. The molecule has 2 atom stereocenters. The molecule has 0 radical (unpaired) electrons. The van der Waals surface area contributed by atoms with Crippen LogP contribution in [0, 0.1) is 12.3 Å². The van der Waals surface area contributed by atoms with Crippen molar-refractivity contribution < 1.29 is 19.4 Å². The smallest absolute Gasteiger partial charge is 0.232 e. The quantitative estimate of drug-likeness (QED) is 0.754. The van der Waals surface area contributed by atoms with E-state index in [4.69, 9.17) is 0 Å². The average molecular weight is 359 g/mol. The maximum Gasteiger partial charge on any atom is 0.232 e. The normalized spacial score (nSPS) is 22.1. The number of aliphatic hydroxyl groups excluding tert-OH is 2. The zero-order chi connectivity index (χ0) is 17.9. The minimum Gasteiger partial charge on any atom is -0.395 e. The third-order valence-electron chi connectivity index (χ3n) is 4.55. The second-order valence-electron chi connectivity index (χ2n) is 6.84. The summed E-state index contributed by atoms with van der Waals surface area (Å²) in [7, 11) is 1.63. The Hall–Kier alpha value is -1.09. The van der Waals surface area contributed by atoms with Crippen LogP contribution in [0.25, 0.3) is 0 Å². The second kappa shape index (κ2) is 7.86. The molecule has 0 aromatic carbocycles. The molecule has 0 aliphatic carbocycles. The standard InChI is InChI=1S/C16H26FN3O3S/c1-11-18-13(8-24-11)6-20-5-12(17)4-14(20)7-19(3)15(23)16(2,9-21)10-22/h8,12,14,21-22H,4-7,9-10H2,1-3H3/t12-,14-/m0/s1. The predicted octanol–water partition coefficient (Wildman–Crippen LogP) is 0.813. The molecule has 0 unspecified atom stereocenters. The van der Waals surface area contributed by atoms with E-state index in [1.807, 2.05) is 17.2 Å². The molecule has 1 aliphatic rings. The molecule has 0 bridgehead atoms. The predicted molar refractivity (Wildman–Crippen MR) is 90.5 cm³/mol. The maximum atomic E-state index is 13.9. The molecule has 1 aromatic rings. The first-order valence-electron chi connectivity index (χ1n) is 8.05. The summed E-state index contributed by atoms with van der Waals surface area (Å²) in [6.45, 7) is 3.86. The minimum absolute atomic E-state index is 0.0995. The number of amides is 1. The SMILES string of the molecule is Cc1nc(CN2C[C@@H](F)C[C@H]2CN(C)C(=O)C(C)(CO)CO)cs1. The van der Waals surface area contributed by atoms with E-state index >= 15 is 0 Å². The van der Waals surface area contributed by atoms with E-state index in [0.29, 0.717) is 26.1 Å². The number of carbonyl (C=O) groups is 1. The molecule has 6 nitrogen and oxygen atoms in total. The number of likely N-dealkylation sites (N-methyl/N-ethyl adjacent to an activating group) is 1. The molecule has 2 heterocycles. The number of likely N-dealkylation sites (tertiary alicyclic amines) is 1. The molecule has 2 rings (SSSR count). The summed E-state index contributed by atoms with van der Waals surface area (Å²) in [4.78, 5) is 20.4. The van der Waals surface area contributed by atoms with E-state index in [0.717, 1.165) is 10.7 Å². The van der Waals surface area contributed by atoms with Crippen molar-refractivity contribution in [1.82, 2.24) is 14.8 Å². The van der Waals surface area contributed by atoms with Crippen LogP contribution in [0.15, 0.2) is 5.38 Å². The number of aromatic nitrogens is 1. The number of rotatable bonds is 7. The van der Waals surface area contributed by atoms with Gasteiger partial charge in [0.05, 0.1) is 29.3 Å². The molecule has 0 spiro atoms. The zero-order valence-corrected chi connectivity index (χ0v) is 15.2. The van der Waals surface area contributed by atoms with Crippen LogP contribution in [0.2, 0.25) is 0 Å². The lowest BCUT2D eigenvalue weighted by Crippen LogP contribution is -2.49. The monoisotopic (exact) mass is 359 g/mol. The minimum atomic E-state index is -1.21. The highest BCUT2D eigenvalue weighted by Crippen LogP contribution is 2.25. The number of nitrogens with zero attached hydrogens (tertiary/aromatic N) is 3. The van der Waals surface area contributed by atoms with Crippen molar-refractivity contribution in [2.45, 2.75) is 39.0 Å². The van der Waals surface area contributed by atoms with Gasteiger partial charge in [-0.1, -0.05) is 0 Å². The summed E-state index contributed by atoms with van der Waals surface area (Å²) in [5.74, 6) is -0.334. The fourth-order valence-electron chi connectivity index (χ4n) is 3.04. The van der Waals surface area contributed by atoms with E-state index in [-0.39, 0.29) is 11.9 Å². The van der Waals surface area contributed by atoms with Crippen LogP contribution >= 0.6 is 11.3 Å². The van der Waals surface area contributed by atoms with Crippen LogP contribution in [0.5, 0.6) is 0 Å². The molecule has 1 aliphatic heterocycles. The van der Waals surface area contributed by atoms with Gasteiger partial charge < -0.3 is 15.1 Å². The molecule has 1 aromatic heterocycles. The number of hydrogen-bond acceptors (Lipinski definition) is 6. The molecule has 1 saturated heterocycles.